The minimum atomic E-state index is -0.324. The smallest absolute Gasteiger partial charge is 0.142 e. The van der Waals surface area contributed by atoms with Gasteiger partial charge in [0.25, 0.3) is 0 Å². The number of halogens is 2. The van der Waals surface area contributed by atoms with Crippen molar-refractivity contribution >= 4 is 28.3 Å². The van der Waals surface area contributed by atoms with E-state index in [0.717, 1.165) is 0 Å². The molecule has 0 aliphatic heterocycles. The molecule has 0 fully saturated rings. The van der Waals surface area contributed by atoms with E-state index in [1.54, 1.807) is 18.2 Å². The number of fused-ring (bicyclic) bond motifs is 1. The number of H-pyrrole nitrogens is 1. The standard InChI is InChI=1S/C14H11ClFN3O/c1-20-13-6-10(17)9(15)5-8(13)14-18-11-3-2-7(16)4-12(11)19-14/h2-6H,17H2,1H3,(H,18,19). The third-order valence-corrected chi connectivity index (χ3v) is 3.35. The number of nitrogens with zero attached hydrogens (tertiary/aromatic N) is 1. The van der Waals surface area contributed by atoms with Crippen LogP contribution in [0.3, 0.4) is 0 Å². The summed E-state index contributed by atoms with van der Waals surface area (Å²) in [5.41, 5.74) is 8.11. The molecule has 0 atom stereocenters. The monoisotopic (exact) mass is 291 g/mol. The van der Waals surface area contributed by atoms with Crippen molar-refractivity contribution in [2.75, 3.05) is 12.8 Å². The molecule has 4 nitrogen and oxygen atoms in total. The lowest BCUT2D eigenvalue weighted by molar-refractivity contribution is 0.416. The maximum absolute atomic E-state index is 13.2. The first-order valence-electron chi connectivity index (χ1n) is 5.87. The Morgan fingerprint density at radius 1 is 1.30 bits per heavy atom. The minimum Gasteiger partial charge on any atom is -0.496 e. The molecule has 3 aromatic rings. The fourth-order valence-corrected chi connectivity index (χ4v) is 2.20. The predicted molar refractivity (Wildman–Crippen MR) is 77.5 cm³/mol. The van der Waals surface area contributed by atoms with Crippen molar-refractivity contribution in [1.29, 1.82) is 0 Å². The highest BCUT2D eigenvalue weighted by Gasteiger charge is 2.13. The van der Waals surface area contributed by atoms with E-state index < -0.39 is 0 Å². The van der Waals surface area contributed by atoms with Gasteiger partial charge in [0, 0.05) is 6.07 Å². The topological polar surface area (TPSA) is 63.9 Å². The molecule has 0 unspecified atom stereocenters. The minimum absolute atomic E-state index is 0.324. The zero-order valence-electron chi connectivity index (χ0n) is 10.6. The lowest BCUT2D eigenvalue weighted by Gasteiger charge is -2.08. The van der Waals surface area contributed by atoms with Gasteiger partial charge in [-0.3, -0.25) is 0 Å². The van der Waals surface area contributed by atoms with Gasteiger partial charge in [0.2, 0.25) is 0 Å². The fourth-order valence-electron chi connectivity index (χ4n) is 2.03. The number of methoxy groups -OCH3 is 1. The van der Waals surface area contributed by atoms with Gasteiger partial charge in [0.1, 0.15) is 17.4 Å². The second-order valence-corrected chi connectivity index (χ2v) is 4.73. The third-order valence-electron chi connectivity index (χ3n) is 3.02. The van der Waals surface area contributed by atoms with Gasteiger partial charge in [-0.05, 0) is 24.3 Å². The largest absolute Gasteiger partial charge is 0.496 e. The maximum Gasteiger partial charge on any atom is 0.142 e. The Morgan fingerprint density at radius 2 is 2.10 bits per heavy atom. The molecular formula is C14H11ClFN3O. The summed E-state index contributed by atoms with van der Waals surface area (Å²) < 4.78 is 18.5. The second kappa shape index (κ2) is 4.68. The van der Waals surface area contributed by atoms with Crippen molar-refractivity contribution < 1.29 is 9.13 Å². The number of nitrogens with two attached hydrogens (primary N) is 1. The zero-order valence-corrected chi connectivity index (χ0v) is 11.3. The van der Waals surface area contributed by atoms with E-state index in [4.69, 9.17) is 22.1 Å². The highest BCUT2D eigenvalue weighted by molar-refractivity contribution is 6.33. The zero-order chi connectivity index (χ0) is 14.3. The molecule has 3 N–H and O–H groups in total. The molecule has 1 heterocycles. The second-order valence-electron chi connectivity index (χ2n) is 4.32. The Kier molecular flexibility index (Phi) is 2.99. The van der Waals surface area contributed by atoms with Crippen LogP contribution in [-0.2, 0) is 0 Å². The molecule has 0 bridgehead atoms. The Labute approximate surface area is 119 Å². The number of aromatic nitrogens is 2. The lowest BCUT2D eigenvalue weighted by Crippen LogP contribution is -1.93. The number of nitrogen functional groups attached to an aromatic ring is 1. The number of nitrogens with one attached hydrogen (secondary N) is 1. The normalized spacial score (nSPS) is 10.9. The summed E-state index contributed by atoms with van der Waals surface area (Å²) in [6.07, 6.45) is 0. The van der Waals surface area contributed by atoms with Crippen molar-refractivity contribution in [3.63, 3.8) is 0 Å². The van der Waals surface area contributed by atoms with Crippen molar-refractivity contribution in [2.24, 2.45) is 0 Å². The molecule has 2 aromatic carbocycles. The third kappa shape index (κ3) is 2.06. The fraction of sp³-hybridized carbons (Fsp3) is 0.0714. The molecule has 3 rings (SSSR count). The van der Waals surface area contributed by atoms with Crippen LogP contribution < -0.4 is 10.5 Å². The molecule has 0 aliphatic carbocycles. The number of imidazole rings is 1. The van der Waals surface area contributed by atoms with Crippen molar-refractivity contribution in [2.45, 2.75) is 0 Å². The number of aromatic amines is 1. The molecule has 6 heteroatoms. The van der Waals surface area contributed by atoms with Crippen LogP contribution in [-0.4, -0.2) is 17.1 Å². The first-order valence-corrected chi connectivity index (χ1v) is 6.25. The van der Waals surface area contributed by atoms with Gasteiger partial charge in [-0.15, -0.1) is 0 Å². The molecule has 1 aromatic heterocycles. The highest BCUT2D eigenvalue weighted by atomic mass is 35.5. The quantitative estimate of drug-likeness (QED) is 0.709. The molecule has 0 saturated heterocycles. The molecule has 0 saturated carbocycles. The summed E-state index contributed by atoms with van der Waals surface area (Å²) in [7, 11) is 1.54. The summed E-state index contributed by atoms with van der Waals surface area (Å²) in [6, 6.07) is 7.66. The average Bonchev–Trinajstić information content (AvgIpc) is 2.84. The number of hydrogen-bond acceptors (Lipinski definition) is 3. The van der Waals surface area contributed by atoms with Gasteiger partial charge in [-0.25, -0.2) is 9.37 Å². The van der Waals surface area contributed by atoms with E-state index in [-0.39, 0.29) is 5.82 Å². The molecule has 102 valence electrons. The van der Waals surface area contributed by atoms with E-state index in [1.807, 2.05) is 0 Å². The predicted octanol–water partition coefficient (Wildman–Crippen LogP) is 3.61. The lowest BCUT2D eigenvalue weighted by atomic mass is 10.1. The Balaban J connectivity index is 2.22. The number of hydrogen-bond donors (Lipinski definition) is 2. The van der Waals surface area contributed by atoms with Gasteiger partial charge in [-0.2, -0.15) is 0 Å². The van der Waals surface area contributed by atoms with Crippen LogP contribution in [0, 0.1) is 5.82 Å². The van der Waals surface area contributed by atoms with Gasteiger partial charge in [-0.1, -0.05) is 11.6 Å². The summed E-state index contributed by atoms with van der Waals surface area (Å²) in [5, 5.41) is 0.410. The molecule has 0 spiro atoms. The van der Waals surface area contributed by atoms with Crippen LogP contribution in [0.25, 0.3) is 22.4 Å². The molecule has 0 aliphatic rings. The van der Waals surface area contributed by atoms with Crippen LogP contribution in [0.1, 0.15) is 0 Å². The maximum atomic E-state index is 13.2. The van der Waals surface area contributed by atoms with E-state index in [9.17, 15) is 4.39 Å². The first-order chi connectivity index (χ1) is 9.58. The van der Waals surface area contributed by atoms with Crippen LogP contribution in [0.4, 0.5) is 10.1 Å². The number of anilines is 1. The van der Waals surface area contributed by atoms with Crippen LogP contribution in [0.2, 0.25) is 5.02 Å². The number of benzene rings is 2. The van der Waals surface area contributed by atoms with E-state index in [1.165, 1.54) is 19.2 Å². The molecule has 0 amide bonds. The molecular weight excluding hydrogens is 281 g/mol. The number of rotatable bonds is 2. The Morgan fingerprint density at radius 3 is 2.85 bits per heavy atom. The number of ether oxygens (including phenoxy) is 1. The first kappa shape index (κ1) is 12.7. The van der Waals surface area contributed by atoms with Crippen molar-refractivity contribution in [3.8, 4) is 17.1 Å². The molecule has 20 heavy (non-hydrogen) atoms. The summed E-state index contributed by atoms with van der Waals surface area (Å²) in [6.45, 7) is 0. The van der Waals surface area contributed by atoms with Crippen LogP contribution in [0.5, 0.6) is 5.75 Å². The Bertz CT molecular complexity index is 800. The summed E-state index contributed by atoms with van der Waals surface area (Å²) >= 11 is 6.03. The summed E-state index contributed by atoms with van der Waals surface area (Å²) in [5.74, 6) is 0.769. The van der Waals surface area contributed by atoms with E-state index >= 15 is 0 Å². The van der Waals surface area contributed by atoms with E-state index in [0.29, 0.717) is 38.9 Å². The van der Waals surface area contributed by atoms with Gasteiger partial charge < -0.3 is 15.5 Å². The van der Waals surface area contributed by atoms with Gasteiger partial charge >= 0.3 is 0 Å². The van der Waals surface area contributed by atoms with Gasteiger partial charge in [0.05, 0.1) is 34.4 Å². The summed E-state index contributed by atoms with van der Waals surface area (Å²) in [4.78, 5) is 7.45. The van der Waals surface area contributed by atoms with Crippen LogP contribution >= 0.6 is 11.6 Å². The molecule has 0 radical (unpaired) electrons. The van der Waals surface area contributed by atoms with Crippen molar-refractivity contribution in [3.05, 3.63) is 41.2 Å². The van der Waals surface area contributed by atoms with Crippen molar-refractivity contribution in [1.82, 2.24) is 9.97 Å². The van der Waals surface area contributed by atoms with Crippen LogP contribution in [0.15, 0.2) is 30.3 Å². The SMILES string of the molecule is COc1cc(N)c(Cl)cc1-c1nc2ccc(F)cc2[nH]1. The van der Waals surface area contributed by atoms with Gasteiger partial charge in [0.15, 0.2) is 0 Å². The highest BCUT2D eigenvalue weighted by Crippen LogP contribution is 2.35. The Hall–Kier alpha value is -2.27. The van der Waals surface area contributed by atoms with E-state index in [2.05, 4.69) is 9.97 Å². The average molecular weight is 292 g/mol.